The SMILES string of the molecule is [O]C[S+]([O-])c1ccccc1. The van der Waals surface area contributed by atoms with Crippen LogP contribution >= 0.6 is 0 Å². The first-order valence-electron chi connectivity index (χ1n) is 2.86. The van der Waals surface area contributed by atoms with Gasteiger partial charge in [0.25, 0.3) is 0 Å². The van der Waals surface area contributed by atoms with Crippen LogP contribution in [-0.2, 0) is 16.3 Å². The van der Waals surface area contributed by atoms with Gasteiger partial charge < -0.3 is 4.55 Å². The lowest BCUT2D eigenvalue weighted by Crippen LogP contribution is -2.03. The molecule has 0 aliphatic carbocycles. The van der Waals surface area contributed by atoms with Crippen LogP contribution in [0, 0.1) is 0 Å². The molecule has 1 unspecified atom stereocenters. The Morgan fingerprint density at radius 3 is 2.40 bits per heavy atom. The second kappa shape index (κ2) is 3.61. The van der Waals surface area contributed by atoms with Gasteiger partial charge in [0, 0.05) is 11.2 Å². The molecule has 0 aliphatic heterocycles. The maximum Gasteiger partial charge on any atom is 0.241 e. The summed E-state index contributed by atoms with van der Waals surface area (Å²) in [6, 6.07) is 8.74. The van der Waals surface area contributed by atoms with E-state index in [2.05, 4.69) is 0 Å². The van der Waals surface area contributed by atoms with Crippen LogP contribution in [0.2, 0.25) is 0 Å². The molecule has 1 radical (unpaired) electrons. The molecule has 0 aliphatic rings. The van der Waals surface area contributed by atoms with Crippen molar-refractivity contribution in [2.45, 2.75) is 4.90 Å². The van der Waals surface area contributed by atoms with Crippen LogP contribution < -0.4 is 0 Å². The zero-order valence-electron chi connectivity index (χ0n) is 5.32. The second-order valence-corrected chi connectivity index (χ2v) is 3.17. The lowest BCUT2D eigenvalue weighted by atomic mass is 10.4. The number of hydrogen-bond donors (Lipinski definition) is 0. The fourth-order valence-electron chi connectivity index (χ4n) is 0.640. The highest BCUT2D eigenvalue weighted by Gasteiger charge is 2.06. The summed E-state index contributed by atoms with van der Waals surface area (Å²) in [6.45, 7) is 0. The molecule has 2 nitrogen and oxygen atoms in total. The van der Waals surface area contributed by atoms with Crippen LogP contribution in [0.25, 0.3) is 0 Å². The molecule has 0 N–H and O–H groups in total. The molecule has 0 bridgehead atoms. The van der Waals surface area contributed by atoms with E-state index < -0.39 is 17.1 Å². The second-order valence-electron chi connectivity index (χ2n) is 1.78. The van der Waals surface area contributed by atoms with Crippen molar-refractivity contribution in [3.8, 4) is 0 Å². The minimum Gasteiger partial charge on any atom is -0.610 e. The molecule has 0 amide bonds. The fourth-order valence-corrected chi connectivity index (χ4v) is 1.24. The third-order valence-corrected chi connectivity index (χ3v) is 2.13. The highest BCUT2D eigenvalue weighted by molar-refractivity contribution is 7.91. The van der Waals surface area contributed by atoms with Crippen LogP contribution in [0.1, 0.15) is 0 Å². The Bertz CT molecular complexity index is 188. The summed E-state index contributed by atoms with van der Waals surface area (Å²) in [7, 11) is 0. The fraction of sp³-hybridized carbons (Fsp3) is 0.143. The Balaban J connectivity index is 2.75. The average Bonchev–Trinajstić information content (AvgIpc) is 2.05. The van der Waals surface area contributed by atoms with E-state index in [1.54, 1.807) is 24.3 Å². The Morgan fingerprint density at radius 2 is 1.90 bits per heavy atom. The van der Waals surface area contributed by atoms with Crippen molar-refractivity contribution in [1.82, 2.24) is 0 Å². The maximum atomic E-state index is 10.8. The largest absolute Gasteiger partial charge is 0.610 e. The molecule has 0 saturated carbocycles. The standard InChI is InChI=1S/C7H7O2S/c8-6-10(9)7-4-2-1-3-5-7/h1-5H,6H2. The van der Waals surface area contributed by atoms with Gasteiger partial charge in [-0.2, -0.15) is 5.11 Å². The van der Waals surface area contributed by atoms with Crippen molar-refractivity contribution in [2.75, 3.05) is 5.94 Å². The Hall–Kier alpha value is -0.510. The highest BCUT2D eigenvalue weighted by atomic mass is 32.2. The summed E-state index contributed by atoms with van der Waals surface area (Å²) in [4.78, 5) is 0.609. The smallest absolute Gasteiger partial charge is 0.241 e. The first-order chi connectivity index (χ1) is 4.84. The van der Waals surface area contributed by atoms with E-state index in [0.717, 1.165) is 0 Å². The van der Waals surface area contributed by atoms with Crippen LogP contribution in [0.4, 0.5) is 0 Å². The predicted octanol–water partition coefficient (Wildman–Crippen LogP) is 1.18. The average molecular weight is 155 g/mol. The molecule has 0 spiro atoms. The van der Waals surface area contributed by atoms with Gasteiger partial charge in [0.15, 0.2) is 4.90 Å². The monoisotopic (exact) mass is 155 g/mol. The summed E-state index contributed by atoms with van der Waals surface area (Å²) in [5.74, 6) is -0.552. The van der Waals surface area contributed by atoms with Gasteiger partial charge in [-0.05, 0) is 12.1 Å². The number of benzene rings is 1. The van der Waals surface area contributed by atoms with Gasteiger partial charge >= 0.3 is 0 Å². The summed E-state index contributed by atoms with van der Waals surface area (Å²) in [5, 5.41) is 10.1. The molecule has 0 aromatic heterocycles. The first-order valence-corrected chi connectivity index (χ1v) is 4.18. The Labute approximate surface area is 62.7 Å². The topological polar surface area (TPSA) is 43.0 Å². The zero-order chi connectivity index (χ0) is 7.40. The van der Waals surface area contributed by atoms with Crippen molar-refractivity contribution in [3.63, 3.8) is 0 Å². The Morgan fingerprint density at radius 1 is 1.30 bits per heavy atom. The minimum atomic E-state index is -1.35. The van der Waals surface area contributed by atoms with Gasteiger partial charge in [-0.15, -0.1) is 0 Å². The van der Waals surface area contributed by atoms with Crippen LogP contribution in [-0.4, -0.2) is 10.5 Å². The summed E-state index contributed by atoms with van der Waals surface area (Å²) in [5.41, 5.74) is 0. The van der Waals surface area contributed by atoms with E-state index in [0.29, 0.717) is 4.90 Å². The number of rotatable bonds is 2. The molecule has 1 atom stereocenters. The zero-order valence-corrected chi connectivity index (χ0v) is 6.14. The molecular weight excluding hydrogens is 148 g/mol. The molecule has 1 aromatic carbocycles. The van der Waals surface area contributed by atoms with Gasteiger partial charge in [-0.1, -0.05) is 18.2 Å². The predicted molar refractivity (Wildman–Crippen MR) is 38.4 cm³/mol. The van der Waals surface area contributed by atoms with Crippen LogP contribution in [0.5, 0.6) is 0 Å². The maximum absolute atomic E-state index is 10.8. The number of hydrogen-bond acceptors (Lipinski definition) is 1. The third-order valence-electron chi connectivity index (χ3n) is 1.11. The quantitative estimate of drug-likeness (QED) is 0.591. The van der Waals surface area contributed by atoms with E-state index in [1.807, 2.05) is 6.07 Å². The molecule has 1 rings (SSSR count). The molecule has 3 heteroatoms. The Kier molecular flexibility index (Phi) is 2.74. The van der Waals surface area contributed by atoms with Crippen molar-refractivity contribution in [1.29, 1.82) is 0 Å². The third kappa shape index (κ3) is 1.73. The van der Waals surface area contributed by atoms with E-state index in [9.17, 15) is 9.66 Å². The summed E-state index contributed by atoms with van der Waals surface area (Å²) in [6.07, 6.45) is 0. The van der Waals surface area contributed by atoms with Crippen LogP contribution in [0.15, 0.2) is 35.2 Å². The van der Waals surface area contributed by atoms with Gasteiger partial charge in [0.05, 0.1) is 0 Å². The highest BCUT2D eigenvalue weighted by Crippen LogP contribution is 2.08. The van der Waals surface area contributed by atoms with E-state index in [1.165, 1.54) is 0 Å². The molecule has 0 saturated heterocycles. The molecule has 1 aromatic rings. The molecule has 0 heterocycles. The van der Waals surface area contributed by atoms with E-state index in [4.69, 9.17) is 0 Å². The lowest BCUT2D eigenvalue weighted by molar-refractivity contribution is 0.250. The van der Waals surface area contributed by atoms with Crippen LogP contribution in [0.3, 0.4) is 0 Å². The minimum absolute atomic E-state index is 0.552. The molecular formula is C7H7O2S. The molecule has 0 fully saturated rings. The van der Waals surface area contributed by atoms with Crippen molar-refractivity contribution < 1.29 is 9.66 Å². The van der Waals surface area contributed by atoms with Crippen molar-refractivity contribution in [2.24, 2.45) is 0 Å². The van der Waals surface area contributed by atoms with Gasteiger partial charge in [0.2, 0.25) is 5.94 Å². The van der Waals surface area contributed by atoms with Gasteiger partial charge in [0.1, 0.15) is 0 Å². The van der Waals surface area contributed by atoms with Crippen molar-refractivity contribution >= 4 is 11.2 Å². The van der Waals surface area contributed by atoms with Gasteiger partial charge in [-0.3, -0.25) is 0 Å². The summed E-state index contributed by atoms with van der Waals surface area (Å²) >= 11 is -1.35. The van der Waals surface area contributed by atoms with Crippen molar-refractivity contribution in [3.05, 3.63) is 30.3 Å². The summed E-state index contributed by atoms with van der Waals surface area (Å²) < 4.78 is 10.8. The molecule has 10 heavy (non-hydrogen) atoms. The molecule has 53 valence electrons. The van der Waals surface area contributed by atoms with Gasteiger partial charge in [-0.25, -0.2) is 0 Å². The lowest BCUT2D eigenvalue weighted by Gasteiger charge is -2.03. The first kappa shape index (κ1) is 7.60. The van der Waals surface area contributed by atoms with E-state index in [-0.39, 0.29) is 0 Å². The normalized spacial score (nSPS) is 13.0. The van der Waals surface area contributed by atoms with E-state index >= 15 is 0 Å².